The summed E-state index contributed by atoms with van der Waals surface area (Å²) in [6.07, 6.45) is 4.45. The first kappa shape index (κ1) is 17.9. The van der Waals surface area contributed by atoms with Crippen LogP contribution in [-0.4, -0.2) is 40.3 Å². The molecule has 0 aromatic heterocycles. The van der Waals surface area contributed by atoms with Crippen LogP contribution < -0.4 is 24.8 Å². The molecule has 2 N–H and O–H groups in total. The van der Waals surface area contributed by atoms with Gasteiger partial charge in [-0.25, -0.2) is 0 Å². The predicted molar refractivity (Wildman–Crippen MR) is 95.2 cm³/mol. The van der Waals surface area contributed by atoms with Gasteiger partial charge < -0.3 is 24.8 Å². The Morgan fingerprint density at radius 1 is 1.20 bits per heavy atom. The lowest BCUT2D eigenvalue weighted by Crippen LogP contribution is -2.47. The standard InChI is InChI=1S/C19H28N2O4/c1-23-14-8-16(24-2)15(17(9-14)25-3)11-21-18(22)19-7-5-4-6-13(19)10-20-12-19/h8-9,13,20H,4-7,10-12H2,1-3H3,(H,21,22)/t13-,19+/m0/s1. The molecule has 1 aliphatic carbocycles. The summed E-state index contributed by atoms with van der Waals surface area (Å²) in [7, 11) is 4.82. The number of amides is 1. The van der Waals surface area contributed by atoms with E-state index in [2.05, 4.69) is 10.6 Å². The normalized spacial score (nSPS) is 25.2. The van der Waals surface area contributed by atoms with Gasteiger partial charge in [-0.1, -0.05) is 12.8 Å². The SMILES string of the molecule is COc1cc(OC)c(CNC(=O)[C@@]23CCCC[C@H]2CNC3)c(OC)c1. The van der Waals surface area contributed by atoms with E-state index in [1.54, 1.807) is 21.3 Å². The van der Waals surface area contributed by atoms with Crippen molar-refractivity contribution in [3.05, 3.63) is 17.7 Å². The zero-order valence-electron chi connectivity index (χ0n) is 15.3. The van der Waals surface area contributed by atoms with Gasteiger partial charge in [-0.3, -0.25) is 4.79 Å². The number of hydrogen-bond acceptors (Lipinski definition) is 5. The monoisotopic (exact) mass is 348 g/mol. The lowest BCUT2D eigenvalue weighted by molar-refractivity contribution is -0.134. The van der Waals surface area contributed by atoms with E-state index in [9.17, 15) is 4.79 Å². The Morgan fingerprint density at radius 2 is 1.92 bits per heavy atom. The number of rotatable bonds is 6. The van der Waals surface area contributed by atoms with Crippen LogP contribution in [0.25, 0.3) is 0 Å². The van der Waals surface area contributed by atoms with Gasteiger partial charge in [0.05, 0.1) is 38.9 Å². The van der Waals surface area contributed by atoms with Crippen LogP contribution in [-0.2, 0) is 11.3 Å². The third kappa shape index (κ3) is 3.27. The number of hydrogen-bond donors (Lipinski definition) is 2. The fourth-order valence-corrected chi connectivity index (χ4v) is 4.29. The van der Waals surface area contributed by atoms with Gasteiger partial charge in [-0.15, -0.1) is 0 Å². The molecule has 3 rings (SSSR count). The van der Waals surface area contributed by atoms with E-state index in [0.29, 0.717) is 29.7 Å². The van der Waals surface area contributed by atoms with Crippen molar-refractivity contribution in [2.24, 2.45) is 11.3 Å². The van der Waals surface area contributed by atoms with E-state index in [0.717, 1.165) is 37.9 Å². The molecule has 1 amide bonds. The summed E-state index contributed by atoms with van der Waals surface area (Å²) in [6.45, 7) is 2.10. The van der Waals surface area contributed by atoms with Crippen LogP contribution >= 0.6 is 0 Å². The van der Waals surface area contributed by atoms with E-state index in [-0.39, 0.29) is 11.3 Å². The molecule has 0 spiro atoms. The van der Waals surface area contributed by atoms with Crippen LogP contribution in [0.1, 0.15) is 31.2 Å². The highest BCUT2D eigenvalue weighted by molar-refractivity contribution is 5.84. The number of carbonyl (C=O) groups is 1. The summed E-state index contributed by atoms with van der Waals surface area (Å²) in [4.78, 5) is 13.0. The van der Waals surface area contributed by atoms with Crippen LogP contribution in [0, 0.1) is 11.3 Å². The molecule has 2 aliphatic rings. The predicted octanol–water partition coefficient (Wildman–Crippen LogP) is 2.11. The molecule has 6 heteroatoms. The minimum absolute atomic E-state index is 0.141. The van der Waals surface area contributed by atoms with Crippen molar-refractivity contribution >= 4 is 5.91 Å². The van der Waals surface area contributed by atoms with Crippen LogP contribution in [0.4, 0.5) is 0 Å². The second-order valence-electron chi connectivity index (χ2n) is 6.92. The quantitative estimate of drug-likeness (QED) is 0.824. The van der Waals surface area contributed by atoms with Gasteiger partial charge in [0.1, 0.15) is 17.2 Å². The molecule has 1 aliphatic heterocycles. The number of methoxy groups -OCH3 is 3. The van der Waals surface area contributed by atoms with E-state index >= 15 is 0 Å². The maximum atomic E-state index is 13.0. The highest BCUT2D eigenvalue weighted by atomic mass is 16.5. The number of nitrogens with one attached hydrogen (secondary N) is 2. The summed E-state index contributed by atoms with van der Waals surface area (Å²) in [5.74, 6) is 2.55. The topological polar surface area (TPSA) is 68.8 Å². The fraction of sp³-hybridized carbons (Fsp3) is 0.632. The number of ether oxygens (including phenoxy) is 3. The zero-order valence-corrected chi connectivity index (χ0v) is 15.3. The molecular weight excluding hydrogens is 320 g/mol. The number of fused-ring (bicyclic) bond motifs is 1. The van der Waals surface area contributed by atoms with Crippen molar-refractivity contribution in [3.63, 3.8) is 0 Å². The molecule has 0 unspecified atom stereocenters. The van der Waals surface area contributed by atoms with E-state index < -0.39 is 0 Å². The minimum Gasteiger partial charge on any atom is -0.496 e. The third-order valence-corrected chi connectivity index (χ3v) is 5.73. The highest BCUT2D eigenvalue weighted by Crippen LogP contribution is 2.44. The maximum Gasteiger partial charge on any atom is 0.228 e. The molecule has 1 heterocycles. The van der Waals surface area contributed by atoms with E-state index in [1.165, 1.54) is 6.42 Å². The molecular formula is C19H28N2O4. The second-order valence-corrected chi connectivity index (χ2v) is 6.92. The van der Waals surface area contributed by atoms with Gasteiger partial charge in [-0.05, 0) is 25.3 Å². The molecule has 0 bridgehead atoms. The number of benzene rings is 1. The van der Waals surface area contributed by atoms with Crippen LogP contribution in [0.2, 0.25) is 0 Å². The Kier molecular flexibility index (Phi) is 5.37. The van der Waals surface area contributed by atoms with Crippen molar-refractivity contribution in [3.8, 4) is 17.2 Å². The largest absolute Gasteiger partial charge is 0.496 e. The third-order valence-electron chi connectivity index (χ3n) is 5.73. The summed E-state index contributed by atoms with van der Waals surface area (Å²) in [5, 5.41) is 6.56. The molecule has 25 heavy (non-hydrogen) atoms. The van der Waals surface area contributed by atoms with Gasteiger partial charge >= 0.3 is 0 Å². The van der Waals surface area contributed by atoms with Crippen LogP contribution in [0.5, 0.6) is 17.2 Å². The summed E-state index contributed by atoms with van der Waals surface area (Å²) in [5.41, 5.74) is 0.569. The van der Waals surface area contributed by atoms with Gasteiger partial charge in [0, 0.05) is 18.7 Å². The van der Waals surface area contributed by atoms with Crippen LogP contribution in [0.15, 0.2) is 12.1 Å². The fourth-order valence-electron chi connectivity index (χ4n) is 4.29. The Labute approximate surface area is 149 Å². The van der Waals surface area contributed by atoms with Gasteiger partial charge in [0.25, 0.3) is 0 Å². The zero-order chi connectivity index (χ0) is 17.9. The van der Waals surface area contributed by atoms with E-state index in [1.807, 2.05) is 12.1 Å². The Morgan fingerprint density at radius 3 is 2.56 bits per heavy atom. The first-order chi connectivity index (χ1) is 12.1. The Hall–Kier alpha value is -1.95. The Bertz CT molecular complexity index is 609. The van der Waals surface area contributed by atoms with Gasteiger partial charge in [-0.2, -0.15) is 0 Å². The van der Waals surface area contributed by atoms with Crippen molar-refractivity contribution in [1.82, 2.24) is 10.6 Å². The average Bonchev–Trinajstić information content (AvgIpc) is 3.10. The molecule has 6 nitrogen and oxygen atoms in total. The van der Waals surface area contributed by atoms with Crippen molar-refractivity contribution < 1.29 is 19.0 Å². The summed E-state index contributed by atoms with van der Waals surface area (Å²) < 4.78 is 16.2. The number of carbonyl (C=O) groups excluding carboxylic acids is 1. The lowest BCUT2D eigenvalue weighted by atomic mass is 9.67. The van der Waals surface area contributed by atoms with Crippen molar-refractivity contribution in [1.29, 1.82) is 0 Å². The summed E-state index contributed by atoms with van der Waals surface area (Å²) in [6, 6.07) is 3.62. The van der Waals surface area contributed by atoms with Gasteiger partial charge in [0.15, 0.2) is 0 Å². The maximum absolute atomic E-state index is 13.0. The minimum atomic E-state index is -0.259. The summed E-state index contributed by atoms with van der Waals surface area (Å²) >= 11 is 0. The molecule has 2 fully saturated rings. The second kappa shape index (κ2) is 7.52. The molecule has 138 valence electrons. The lowest BCUT2D eigenvalue weighted by Gasteiger charge is -2.37. The highest BCUT2D eigenvalue weighted by Gasteiger charge is 2.49. The molecule has 1 saturated heterocycles. The van der Waals surface area contributed by atoms with Gasteiger partial charge in [0.2, 0.25) is 5.91 Å². The first-order valence-electron chi connectivity index (χ1n) is 8.92. The van der Waals surface area contributed by atoms with E-state index in [4.69, 9.17) is 14.2 Å². The first-order valence-corrected chi connectivity index (χ1v) is 8.92. The molecule has 1 aromatic rings. The Balaban J connectivity index is 1.78. The average molecular weight is 348 g/mol. The molecule has 1 aromatic carbocycles. The molecule has 2 atom stereocenters. The van der Waals surface area contributed by atoms with Crippen LogP contribution in [0.3, 0.4) is 0 Å². The smallest absolute Gasteiger partial charge is 0.228 e. The van der Waals surface area contributed by atoms with Crippen molar-refractivity contribution in [2.45, 2.75) is 32.2 Å². The molecule has 0 radical (unpaired) electrons. The molecule has 1 saturated carbocycles. The van der Waals surface area contributed by atoms with Crippen molar-refractivity contribution in [2.75, 3.05) is 34.4 Å².